The highest BCUT2D eigenvalue weighted by molar-refractivity contribution is 4.88. The summed E-state index contributed by atoms with van der Waals surface area (Å²) in [5.74, 6) is 0.617. The third-order valence-corrected chi connectivity index (χ3v) is 4.29. The number of aliphatic hydroxyl groups is 2. The van der Waals surface area contributed by atoms with Crippen molar-refractivity contribution in [3.8, 4) is 0 Å². The molecule has 3 N–H and O–H groups in total. The molecule has 0 spiro atoms. The lowest BCUT2D eigenvalue weighted by Crippen LogP contribution is -2.48. The Morgan fingerprint density at radius 2 is 2.00 bits per heavy atom. The molecule has 17 heavy (non-hydrogen) atoms. The van der Waals surface area contributed by atoms with Gasteiger partial charge in [0.1, 0.15) is 0 Å². The molecule has 102 valence electrons. The van der Waals surface area contributed by atoms with Gasteiger partial charge in [0.2, 0.25) is 0 Å². The lowest BCUT2D eigenvalue weighted by molar-refractivity contribution is -0.0212. The van der Waals surface area contributed by atoms with Crippen molar-refractivity contribution >= 4 is 0 Å². The van der Waals surface area contributed by atoms with E-state index in [0.29, 0.717) is 19.0 Å². The summed E-state index contributed by atoms with van der Waals surface area (Å²) < 4.78 is 0. The lowest BCUT2D eigenvalue weighted by atomic mass is 9.79. The minimum atomic E-state index is -0.614. The first-order valence-corrected chi connectivity index (χ1v) is 7.08. The van der Waals surface area contributed by atoms with E-state index in [0.717, 1.165) is 32.1 Å². The molecule has 0 aromatic rings. The van der Waals surface area contributed by atoms with Crippen LogP contribution in [0.25, 0.3) is 0 Å². The normalized spacial score (nSPS) is 30.5. The monoisotopic (exact) mass is 243 g/mol. The molecule has 1 aliphatic carbocycles. The average molecular weight is 243 g/mol. The molecule has 0 radical (unpaired) electrons. The van der Waals surface area contributed by atoms with E-state index in [1.165, 1.54) is 6.42 Å². The molecule has 0 aliphatic heterocycles. The fourth-order valence-electron chi connectivity index (χ4n) is 2.82. The largest absolute Gasteiger partial charge is 0.389 e. The van der Waals surface area contributed by atoms with Gasteiger partial charge in [-0.05, 0) is 31.6 Å². The fourth-order valence-corrected chi connectivity index (χ4v) is 2.82. The molecule has 0 aromatic carbocycles. The molecule has 0 heterocycles. The zero-order chi connectivity index (χ0) is 12.9. The van der Waals surface area contributed by atoms with Gasteiger partial charge in [0, 0.05) is 13.1 Å². The van der Waals surface area contributed by atoms with E-state index < -0.39 is 11.2 Å². The van der Waals surface area contributed by atoms with Gasteiger partial charge in [0.05, 0.1) is 11.2 Å². The predicted octanol–water partition coefficient (Wildman–Crippen LogP) is 2.07. The van der Waals surface area contributed by atoms with Gasteiger partial charge in [-0.15, -0.1) is 0 Å². The van der Waals surface area contributed by atoms with Crippen LogP contribution in [0.4, 0.5) is 0 Å². The summed E-state index contributed by atoms with van der Waals surface area (Å²) >= 11 is 0. The van der Waals surface area contributed by atoms with Crippen LogP contribution in [0, 0.1) is 5.92 Å². The van der Waals surface area contributed by atoms with Gasteiger partial charge in [0.25, 0.3) is 0 Å². The average Bonchev–Trinajstić information content (AvgIpc) is 2.28. The van der Waals surface area contributed by atoms with Gasteiger partial charge in [0.15, 0.2) is 0 Å². The molecule has 1 saturated carbocycles. The molecule has 0 aromatic heterocycles. The van der Waals surface area contributed by atoms with E-state index in [9.17, 15) is 10.2 Å². The van der Waals surface area contributed by atoms with Crippen molar-refractivity contribution in [1.29, 1.82) is 0 Å². The molecule has 0 saturated heterocycles. The smallest absolute Gasteiger partial charge is 0.0774 e. The topological polar surface area (TPSA) is 52.5 Å². The van der Waals surface area contributed by atoms with Crippen LogP contribution in [-0.2, 0) is 0 Å². The summed E-state index contributed by atoms with van der Waals surface area (Å²) in [5, 5.41) is 23.8. The summed E-state index contributed by atoms with van der Waals surface area (Å²) in [5.41, 5.74) is -1.17. The van der Waals surface area contributed by atoms with E-state index >= 15 is 0 Å². The van der Waals surface area contributed by atoms with E-state index in [1.54, 1.807) is 0 Å². The second-order valence-corrected chi connectivity index (χ2v) is 5.96. The minimum absolute atomic E-state index is 0.555. The maximum absolute atomic E-state index is 10.4. The quantitative estimate of drug-likeness (QED) is 0.669. The lowest BCUT2D eigenvalue weighted by Gasteiger charge is -2.37. The molecule has 3 nitrogen and oxygen atoms in total. The van der Waals surface area contributed by atoms with Crippen LogP contribution >= 0.6 is 0 Å². The molecule has 1 fully saturated rings. The second kappa shape index (κ2) is 6.17. The van der Waals surface area contributed by atoms with E-state index in [4.69, 9.17) is 0 Å². The molecule has 2 unspecified atom stereocenters. The summed E-state index contributed by atoms with van der Waals surface area (Å²) in [6.07, 6.45) is 5.63. The second-order valence-electron chi connectivity index (χ2n) is 5.96. The molecule has 2 atom stereocenters. The van der Waals surface area contributed by atoms with Crippen LogP contribution in [0.3, 0.4) is 0 Å². The third kappa shape index (κ3) is 4.57. The Bertz CT molecular complexity index is 228. The molecule has 1 rings (SSSR count). The molecule has 3 heteroatoms. The zero-order valence-electron chi connectivity index (χ0n) is 11.6. The maximum Gasteiger partial charge on any atom is 0.0774 e. The minimum Gasteiger partial charge on any atom is -0.389 e. The standard InChI is InChI=1S/C14H29NO2/c1-4-13(16,5-2)10-15-11-14(17)8-6-7-12(3)9-14/h12,15-17H,4-11H2,1-3H3. The van der Waals surface area contributed by atoms with Crippen LogP contribution < -0.4 is 5.32 Å². The Labute approximate surface area is 106 Å². The van der Waals surface area contributed by atoms with Gasteiger partial charge in [-0.1, -0.05) is 33.6 Å². The van der Waals surface area contributed by atoms with Crippen LogP contribution in [0.1, 0.15) is 59.3 Å². The van der Waals surface area contributed by atoms with Crippen molar-refractivity contribution in [2.75, 3.05) is 13.1 Å². The molecular formula is C14H29NO2. The summed E-state index contributed by atoms with van der Waals surface area (Å²) in [6.45, 7) is 7.40. The van der Waals surface area contributed by atoms with Crippen molar-refractivity contribution in [3.05, 3.63) is 0 Å². The Morgan fingerprint density at radius 1 is 1.35 bits per heavy atom. The Balaban J connectivity index is 2.34. The summed E-state index contributed by atoms with van der Waals surface area (Å²) in [7, 11) is 0. The predicted molar refractivity (Wildman–Crippen MR) is 71.0 cm³/mol. The van der Waals surface area contributed by atoms with Crippen molar-refractivity contribution in [2.45, 2.75) is 70.5 Å². The fraction of sp³-hybridized carbons (Fsp3) is 1.00. The van der Waals surface area contributed by atoms with Gasteiger partial charge in [-0.25, -0.2) is 0 Å². The zero-order valence-corrected chi connectivity index (χ0v) is 11.6. The first-order valence-electron chi connectivity index (χ1n) is 7.08. The van der Waals surface area contributed by atoms with Crippen LogP contribution in [0.15, 0.2) is 0 Å². The highest BCUT2D eigenvalue weighted by Crippen LogP contribution is 2.31. The van der Waals surface area contributed by atoms with Gasteiger partial charge in [-0.3, -0.25) is 0 Å². The number of rotatable bonds is 6. The Hall–Kier alpha value is -0.120. The first-order chi connectivity index (χ1) is 7.93. The highest BCUT2D eigenvalue weighted by atomic mass is 16.3. The number of hydrogen-bond acceptors (Lipinski definition) is 3. The first kappa shape index (κ1) is 14.9. The molecule has 1 aliphatic rings. The van der Waals surface area contributed by atoms with Crippen LogP contribution in [0.2, 0.25) is 0 Å². The van der Waals surface area contributed by atoms with Gasteiger partial charge >= 0.3 is 0 Å². The van der Waals surface area contributed by atoms with E-state index in [-0.39, 0.29) is 0 Å². The van der Waals surface area contributed by atoms with Crippen molar-refractivity contribution in [2.24, 2.45) is 5.92 Å². The highest BCUT2D eigenvalue weighted by Gasteiger charge is 2.33. The molecule has 0 amide bonds. The summed E-state index contributed by atoms with van der Waals surface area (Å²) in [6, 6.07) is 0. The number of hydrogen-bond donors (Lipinski definition) is 3. The van der Waals surface area contributed by atoms with Crippen LogP contribution in [0.5, 0.6) is 0 Å². The Morgan fingerprint density at radius 3 is 2.53 bits per heavy atom. The maximum atomic E-state index is 10.4. The van der Waals surface area contributed by atoms with E-state index in [2.05, 4.69) is 12.2 Å². The van der Waals surface area contributed by atoms with E-state index in [1.807, 2.05) is 13.8 Å². The van der Waals surface area contributed by atoms with Gasteiger partial charge < -0.3 is 15.5 Å². The summed E-state index contributed by atoms with van der Waals surface area (Å²) in [4.78, 5) is 0. The van der Waals surface area contributed by atoms with Crippen molar-refractivity contribution in [3.63, 3.8) is 0 Å². The van der Waals surface area contributed by atoms with Gasteiger partial charge in [-0.2, -0.15) is 0 Å². The van der Waals surface area contributed by atoms with Crippen molar-refractivity contribution < 1.29 is 10.2 Å². The third-order valence-electron chi connectivity index (χ3n) is 4.29. The van der Waals surface area contributed by atoms with Crippen LogP contribution in [-0.4, -0.2) is 34.5 Å². The molecule has 0 bridgehead atoms. The Kier molecular flexibility index (Phi) is 5.42. The SMILES string of the molecule is CCC(O)(CC)CNCC1(O)CCCC(C)C1. The van der Waals surface area contributed by atoms with Crippen molar-refractivity contribution in [1.82, 2.24) is 5.32 Å². The molecular weight excluding hydrogens is 214 g/mol. The number of nitrogens with one attached hydrogen (secondary N) is 1.